The van der Waals surface area contributed by atoms with Gasteiger partial charge in [0.25, 0.3) is 0 Å². The molecule has 13 heavy (non-hydrogen) atoms. The molecule has 0 N–H and O–H groups in total. The summed E-state index contributed by atoms with van der Waals surface area (Å²) in [5.74, 6) is 0.00287. The molecule has 0 unspecified atom stereocenters. The van der Waals surface area contributed by atoms with E-state index in [1.54, 1.807) is 10.6 Å². The lowest BCUT2D eigenvalue weighted by Gasteiger charge is -1.95. The topological polar surface area (TPSA) is 34.4 Å². The number of carbonyl (C=O) groups is 1. The molecule has 2 heterocycles. The highest BCUT2D eigenvalue weighted by Gasteiger charge is 2.05. The molecule has 0 bridgehead atoms. The smallest absolute Gasteiger partial charge is 0.180 e. The second kappa shape index (κ2) is 2.69. The van der Waals surface area contributed by atoms with Crippen LogP contribution in [-0.4, -0.2) is 15.4 Å². The maximum absolute atomic E-state index is 11.1. The molecule has 2 aromatic heterocycles. The molecule has 0 saturated carbocycles. The van der Waals surface area contributed by atoms with Crippen LogP contribution in [-0.2, 0) is 0 Å². The van der Waals surface area contributed by atoms with Crippen molar-refractivity contribution < 1.29 is 4.79 Å². The number of aromatic nitrogens is 2. The van der Waals surface area contributed by atoms with E-state index in [4.69, 9.17) is 0 Å². The number of rotatable bonds is 1. The van der Waals surface area contributed by atoms with Gasteiger partial charge in [0.1, 0.15) is 5.69 Å². The van der Waals surface area contributed by atoms with Crippen LogP contribution in [0.5, 0.6) is 0 Å². The molecular weight excluding hydrogens is 164 g/mol. The van der Waals surface area contributed by atoms with Crippen LogP contribution in [0.3, 0.4) is 0 Å². The van der Waals surface area contributed by atoms with Gasteiger partial charge in [-0.25, -0.2) is 4.52 Å². The summed E-state index contributed by atoms with van der Waals surface area (Å²) in [6.45, 7) is 3.49. The zero-order chi connectivity index (χ0) is 9.42. The first kappa shape index (κ1) is 7.98. The van der Waals surface area contributed by atoms with E-state index >= 15 is 0 Å². The van der Waals surface area contributed by atoms with Crippen molar-refractivity contribution >= 4 is 11.3 Å². The van der Waals surface area contributed by atoms with Crippen molar-refractivity contribution in [3.8, 4) is 0 Å². The Labute approximate surface area is 76.0 Å². The van der Waals surface area contributed by atoms with Gasteiger partial charge in [0.15, 0.2) is 5.78 Å². The third kappa shape index (κ3) is 1.22. The van der Waals surface area contributed by atoms with E-state index < -0.39 is 0 Å². The van der Waals surface area contributed by atoms with Gasteiger partial charge in [0.05, 0.1) is 5.52 Å². The molecule has 0 saturated heterocycles. The van der Waals surface area contributed by atoms with Crippen LogP contribution in [0.1, 0.15) is 23.1 Å². The van der Waals surface area contributed by atoms with Gasteiger partial charge >= 0.3 is 0 Å². The van der Waals surface area contributed by atoms with Gasteiger partial charge < -0.3 is 0 Å². The maximum Gasteiger partial charge on any atom is 0.180 e. The van der Waals surface area contributed by atoms with Gasteiger partial charge in [-0.05, 0) is 25.1 Å². The van der Waals surface area contributed by atoms with Crippen molar-refractivity contribution in [2.75, 3.05) is 0 Å². The number of aryl methyl sites for hydroxylation is 1. The Morgan fingerprint density at radius 2 is 2.23 bits per heavy atom. The summed E-state index contributed by atoms with van der Waals surface area (Å²) in [7, 11) is 0. The van der Waals surface area contributed by atoms with Crippen molar-refractivity contribution in [2.45, 2.75) is 13.8 Å². The molecule has 3 heteroatoms. The molecule has 0 aliphatic carbocycles. The highest BCUT2D eigenvalue weighted by Crippen LogP contribution is 2.09. The summed E-state index contributed by atoms with van der Waals surface area (Å²) in [5, 5.41) is 4.18. The first-order valence-electron chi connectivity index (χ1n) is 4.15. The van der Waals surface area contributed by atoms with E-state index in [-0.39, 0.29) is 5.78 Å². The summed E-state index contributed by atoms with van der Waals surface area (Å²) in [6.07, 6.45) is 0. The number of hydrogen-bond donors (Lipinski definition) is 0. The van der Waals surface area contributed by atoms with Crippen LogP contribution in [0.25, 0.3) is 5.52 Å². The number of pyridine rings is 1. The lowest BCUT2D eigenvalue weighted by molar-refractivity contribution is 0.101. The van der Waals surface area contributed by atoms with Crippen molar-refractivity contribution in [3.63, 3.8) is 0 Å². The minimum atomic E-state index is 0.00287. The molecule has 0 spiro atoms. The van der Waals surface area contributed by atoms with Crippen molar-refractivity contribution in [2.24, 2.45) is 0 Å². The molecule has 0 fully saturated rings. The predicted octanol–water partition coefficient (Wildman–Crippen LogP) is 1.85. The fraction of sp³-hybridized carbons (Fsp3) is 0.200. The van der Waals surface area contributed by atoms with Gasteiger partial charge in [-0.1, -0.05) is 6.07 Å². The summed E-state index contributed by atoms with van der Waals surface area (Å²) in [4.78, 5) is 11.1. The van der Waals surface area contributed by atoms with E-state index in [0.29, 0.717) is 5.69 Å². The van der Waals surface area contributed by atoms with Crippen molar-refractivity contribution in [3.05, 3.63) is 35.7 Å². The molecule has 0 aromatic carbocycles. The second-order valence-electron chi connectivity index (χ2n) is 3.09. The summed E-state index contributed by atoms with van der Waals surface area (Å²) >= 11 is 0. The van der Waals surface area contributed by atoms with Crippen LogP contribution in [0, 0.1) is 6.92 Å². The Hall–Kier alpha value is -1.64. The van der Waals surface area contributed by atoms with E-state index in [1.807, 2.05) is 25.1 Å². The molecule has 66 valence electrons. The molecule has 0 aliphatic heterocycles. The van der Waals surface area contributed by atoms with Crippen LogP contribution in [0.2, 0.25) is 0 Å². The summed E-state index contributed by atoms with van der Waals surface area (Å²) < 4.78 is 1.77. The number of Topliss-reactive ketones (excluding diaryl/α,β-unsaturated/α-hetero) is 1. The Kier molecular flexibility index (Phi) is 1.65. The molecular formula is C10H10N2O. The standard InChI is InChI=1S/C10H10N2O/c1-7-4-3-5-9-6-10(8(2)13)11-12(7)9/h3-6H,1-2H3. The van der Waals surface area contributed by atoms with Crippen LogP contribution in [0.15, 0.2) is 24.3 Å². The van der Waals surface area contributed by atoms with Crippen LogP contribution >= 0.6 is 0 Å². The summed E-state index contributed by atoms with van der Waals surface area (Å²) in [6, 6.07) is 7.65. The Bertz CT molecular complexity index is 471. The van der Waals surface area contributed by atoms with Gasteiger partial charge in [0, 0.05) is 12.6 Å². The molecule has 2 aromatic rings. The lowest BCUT2D eigenvalue weighted by Crippen LogP contribution is -1.96. The average Bonchev–Trinajstić information content (AvgIpc) is 2.49. The van der Waals surface area contributed by atoms with Gasteiger partial charge in [0.2, 0.25) is 0 Å². The largest absolute Gasteiger partial charge is 0.293 e. The van der Waals surface area contributed by atoms with Gasteiger partial charge in [-0.3, -0.25) is 4.79 Å². The number of carbonyl (C=O) groups excluding carboxylic acids is 1. The van der Waals surface area contributed by atoms with E-state index in [1.165, 1.54) is 6.92 Å². The predicted molar refractivity (Wildman–Crippen MR) is 49.9 cm³/mol. The van der Waals surface area contributed by atoms with Crippen molar-refractivity contribution in [1.29, 1.82) is 0 Å². The Balaban J connectivity index is 2.75. The second-order valence-corrected chi connectivity index (χ2v) is 3.09. The number of nitrogens with zero attached hydrogens (tertiary/aromatic N) is 2. The Morgan fingerprint density at radius 1 is 1.46 bits per heavy atom. The molecule has 3 nitrogen and oxygen atoms in total. The average molecular weight is 174 g/mol. The quantitative estimate of drug-likeness (QED) is 0.618. The monoisotopic (exact) mass is 174 g/mol. The van der Waals surface area contributed by atoms with E-state index in [0.717, 1.165) is 11.2 Å². The molecule has 0 atom stereocenters. The minimum Gasteiger partial charge on any atom is -0.293 e. The first-order chi connectivity index (χ1) is 6.18. The summed E-state index contributed by atoms with van der Waals surface area (Å²) in [5.41, 5.74) is 2.52. The van der Waals surface area contributed by atoms with Crippen LogP contribution < -0.4 is 0 Å². The van der Waals surface area contributed by atoms with E-state index in [2.05, 4.69) is 5.10 Å². The third-order valence-electron chi connectivity index (χ3n) is 2.04. The lowest BCUT2D eigenvalue weighted by atomic mass is 10.3. The first-order valence-corrected chi connectivity index (χ1v) is 4.15. The molecule has 0 radical (unpaired) electrons. The third-order valence-corrected chi connectivity index (χ3v) is 2.04. The zero-order valence-electron chi connectivity index (χ0n) is 7.61. The van der Waals surface area contributed by atoms with Gasteiger partial charge in [-0.2, -0.15) is 5.10 Å². The number of fused-ring (bicyclic) bond motifs is 1. The fourth-order valence-electron chi connectivity index (χ4n) is 1.33. The maximum atomic E-state index is 11.1. The fourth-order valence-corrected chi connectivity index (χ4v) is 1.33. The molecule has 0 aliphatic rings. The normalized spacial score (nSPS) is 10.6. The highest BCUT2D eigenvalue weighted by atomic mass is 16.1. The SMILES string of the molecule is CC(=O)c1cc2cccc(C)n2n1. The number of ketones is 1. The molecule has 2 rings (SSSR count). The van der Waals surface area contributed by atoms with Crippen LogP contribution in [0.4, 0.5) is 0 Å². The van der Waals surface area contributed by atoms with Gasteiger partial charge in [-0.15, -0.1) is 0 Å². The van der Waals surface area contributed by atoms with E-state index in [9.17, 15) is 4.79 Å². The zero-order valence-corrected chi connectivity index (χ0v) is 7.61. The number of hydrogen-bond acceptors (Lipinski definition) is 2. The minimum absolute atomic E-state index is 0.00287. The Morgan fingerprint density at radius 3 is 2.85 bits per heavy atom. The van der Waals surface area contributed by atoms with Crippen molar-refractivity contribution in [1.82, 2.24) is 9.61 Å². The highest BCUT2D eigenvalue weighted by molar-refractivity contribution is 5.93. The molecule has 0 amide bonds.